The van der Waals surface area contributed by atoms with Gasteiger partial charge in [0, 0.05) is 18.7 Å². The van der Waals surface area contributed by atoms with E-state index in [4.69, 9.17) is 9.47 Å². The van der Waals surface area contributed by atoms with E-state index < -0.39 is 0 Å². The van der Waals surface area contributed by atoms with Crippen LogP contribution in [0.4, 0.5) is 0 Å². The summed E-state index contributed by atoms with van der Waals surface area (Å²) in [4.78, 5) is 18.1. The van der Waals surface area contributed by atoms with Crippen molar-refractivity contribution in [1.29, 1.82) is 0 Å². The second-order valence-electron chi connectivity index (χ2n) is 9.47. The van der Waals surface area contributed by atoms with Crippen molar-refractivity contribution in [3.63, 3.8) is 0 Å². The molecule has 6 nitrogen and oxygen atoms in total. The summed E-state index contributed by atoms with van der Waals surface area (Å²) in [6.07, 6.45) is 6.73. The van der Waals surface area contributed by atoms with E-state index in [1.54, 1.807) is 4.90 Å². The molecule has 0 bridgehead atoms. The van der Waals surface area contributed by atoms with Gasteiger partial charge in [-0.25, -0.2) is 0 Å². The number of amides is 1. The minimum Gasteiger partial charge on any atom is -0.454 e. The molecular formula is C23H35N3O3+2. The topological polar surface area (TPSA) is 47.7 Å². The van der Waals surface area contributed by atoms with Gasteiger partial charge in [0.05, 0.1) is 0 Å². The first-order chi connectivity index (χ1) is 14.2. The van der Waals surface area contributed by atoms with E-state index >= 15 is 0 Å². The molecule has 2 atom stereocenters. The lowest BCUT2D eigenvalue weighted by atomic mass is 9.75. The van der Waals surface area contributed by atoms with Crippen LogP contribution >= 0.6 is 0 Å². The Labute approximate surface area is 173 Å². The van der Waals surface area contributed by atoms with Gasteiger partial charge in [-0.2, -0.15) is 0 Å². The monoisotopic (exact) mass is 401 g/mol. The Morgan fingerprint density at radius 2 is 1.72 bits per heavy atom. The molecule has 2 N–H and O–H groups in total. The minimum absolute atomic E-state index is 0.333. The Kier molecular flexibility index (Phi) is 5.64. The van der Waals surface area contributed by atoms with Crippen LogP contribution in [0.1, 0.15) is 37.7 Å². The molecule has 3 aliphatic heterocycles. The Bertz CT molecular complexity index is 732. The summed E-state index contributed by atoms with van der Waals surface area (Å²) in [7, 11) is 0. The summed E-state index contributed by atoms with van der Waals surface area (Å²) in [5.74, 6) is 3.79. The summed E-state index contributed by atoms with van der Waals surface area (Å²) < 4.78 is 10.9. The van der Waals surface area contributed by atoms with Crippen molar-refractivity contribution in [3.8, 4) is 11.5 Å². The van der Waals surface area contributed by atoms with Crippen LogP contribution in [0.2, 0.25) is 0 Å². The molecule has 1 saturated carbocycles. The van der Waals surface area contributed by atoms with Gasteiger partial charge >= 0.3 is 0 Å². The van der Waals surface area contributed by atoms with Crippen molar-refractivity contribution in [2.24, 2.45) is 11.8 Å². The highest BCUT2D eigenvalue weighted by atomic mass is 16.7. The number of rotatable bonds is 4. The van der Waals surface area contributed by atoms with E-state index in [2.05, 4.69) is 17.0 Å². The van der Waals surface area contributed by atoms with Crippen molar-refractivity contribution in [3.05, 3.63) is 23.8 Å². The third-order valence-corrected chi connectivity index (χ3v) is 7.60. The number of hydrogen-bond donors (Lipinski definition) is 2. The number of likely N-dealkylation sites (tertiary alicyclic amines) is 1. The first-order valence-electron chi connectivity index (χ1n) is 11.6. The van der Waals surface area contributed by atoms with E-state index in [9.17, 15) is 4.79 Å². The lowest BCUT2D eigenvalue weighted by Gasteiger charge is -2.41. The van der Waals surface area contributed by atoms with Crippen LogP contribution < -0.4 is 19.3 Å². The molecule has 1 amide bonds. The summed E-state index contributed by atoms with van der Waals surface area (Å²) in [5.41, 5.74) is 1.30. The highest BCUT2D eigenvalue weighted by Gasteiger charge is 2.34. The standard InChI is InChI=1S/C23H33N3O3/c27-23(26-8-7-19-3-1-2-4-20(19)15-26)16-25-11-9-24(10-12-25)14-18-5-6-21-22(13-18)29-17-28-21/h5-6,13,19-20H,1-4,7-12,14-17H2/p+2/t19-,20+/m0/s1. The van der Waals surface area contributed by atoms with Gasteiger partial charge in [-0.3, -0.25) is 4.79 Å². The highest BCUT2D eigenvalue weighted by Crippen LogP contribution is 2.36. The highest BCUT2D eigenvalue weighted by molar-refractivity contribution is 5.77. The SMILES string of the molecule is O=C(C[NH+]1CC[NH+](Cc2ccc3c(c2)OCO3)CC1)N1CC[C@@H]2CCCC[C@@H]2C1. The molecule has 6 heteroatoms. The zero-order chi connectivity index (χ0) is 19.6. The van der Waals surface area contributed by atoms with E-state index in [0.29, 0.717) is 19.2 Å². The number of carbonyl (C=O) groups excluding carboxylic acids is 1. The molecule has 3 heterocycles. The predicted molar refractivity (Wildman–Crippen MR) is 109 cm³/mol. The van der Waals surface area contributed by atoms with Gasteiger partial charge in [-0.15, -0.1) is 0 Å². The van der Waals surface area contributed by atoms with Crippen molar-refractivity contribution < 1.29 is 24.1 Å². The zero-order valence-electron chi connectivity index (χ0n) is 17.5. The van der Waals surface area contributed by atoms with Crippen LogP contribution in [0.5, 0.6) is 11.5 Å². The van der Waals surface area contributed by atoms with Crippen molar-refractivity contribution in [2.45, 2.75) is 38.6 Å². The van der Waals surface area contributed by atoms with Gasteiger partial charge in [-0.1, -0.05) is 19.3 Å². The molecule has 0 radical (unpaired) electrons. The summed E-state index contributed by atoms with van der Waals surface area (Å²) in [6.45, 7) is 8.50. The Hall–Kier alpha value is -1.79. The fourth-order valence-electron chi connectivity index (χ4n) is 5.80. The van der Waals surface area contributed by atoms with Gasteiger partial charge in [0.2, 0.25) is 6.79 Å². The number of benzene rings is 1. The normalized spacial score (nSPS) is 31.4. The largest absolute Gasteiger partial charge is 0.454 e. The average molecular weight is 402 g/mol. The number of nitrogens with one attached hydrogen (secondary N) is 2. The first-order valence-corrected chi connectivity index (χ1v) is 11.6. The van der Waals surface area contributed by atoms with Crippen molar-refractivity contribution >= 4 is 5.91 Å². The van der Waals surface area contributed by atoms with Gasteiger partial charge in [-0.05, 0) is 42.9 Å². The van der Waals surface area contributed by atoms with E-state index in [-0.39, 0.29) is 0 Å². The van der Waals surface area contributed by atoms with Gasteiger partial charge in [0.15, 0.2) is 18.0 Å². The number of quaternary nitrogens is 2. The van der Waals surface area contributed by atoms with Gasteiger partial charge < -0.3 is 24.2 Å². The molecular weight excluding hydrogens is 366 g/mol. The average Bonchev–Trinajstić information content (AvgIpc) is 3.23. The number of carbonyl (C=O) groups is 1. The number of hydrogen-bond acceptors (Lipinski definition) is 3. The number of piperazine rings is 1. The summed E-state index contributed by atoms with van der Waals surface area (Å²) in [5, 5.41) is 0. The molecule has 4 aliphatic rings. The molecule has 0 unspecified atom stereocenters. The van der Waals surface area contributed by atoms with E-state index in [1.165, 1.54) is 42.6 Å². The van der Waals surface area contributed by atoms with Crippen LogP contribution in [0.25, 0.3) is 0 Å². The maximum atomic E-state index is 12.9. The number of piperidine rings is 1. The van der Waals surface area contributed by atoms with Gasteiger partial charge in [0.25, 0.3) is 5.91 Å². The van der Waals surface area contributed by atoms with E-state index in [0.717, 1.165) is 69.1 Å². The van der Waals surface area contributed by atoms with Crippen LogP contribution in [-0.4, -0.2) is 63.4 Å². The Balaban J connectivity index is 1.07. The fourth-order valence-corrected chi connectivity index (χ4v) is 5.80. The molecule has 2 saturated heterocycles. The number of nitrogens with zero attached hydrogens (tertiary/aromatic N) is 1. The van der Waals surface area contributed by atoms with E-state index in [1.807, 2.05) is 6.07 Å². The lowest BCUT2D eigenvalue weighted by molar-refractivity contribution is -1.02. The maximum absolute atomic E-state index is 12.9. The maximum Gasteiger partial charge on any atom is 0.277 e. The predicted octanol–water partition coefficient (Wildman–Crippen LogP) is -0.263. The molecule has 29 heavy (non-hydrogen) atoms. The Morgan fingerprint density at radius 3 is 2.59 bits per heavy atom. The quantitative estimate of drug-likeness (QED) is 0.731. The number of fused-ring (bicyclic) bond motifs is 2. The Morgan fingerprint density at radius 1 is 0.966 bits per heavy atom. The molecule has 5 rings (SSSR count). The molecule has 1 aromatic carbocycles. The number of ether oxygens (including phenoxy) is 2. The van der Waals surface area contributed by atoms with Crippen LogP contribution in [-0.2, 0) is 11.3 Å². The van der Waals surface area contributed by atoms with Crippen LogP contribution in [0.3, 0.4) is 0 Å². The van der Waals surface area contributed by atoms with Crippen LogP contribution in [0, 0.1) is 11.8 Å². The second-order valence-corrected chi connectivity index (χ2v) is 9.47. The third kappa shape index (κ3) is 4.38. The summed E-state index contributed by atoms with van der Waals surface area (Å²) in [6, 6.07) is 6.29. The molecule has 3 fully saturated rings. The lowest BCUT2D eigenvalue weighted by Crippen LogP contribution is -3.28. The van der Waals surface area contributed by atoms with Crippen molar-refractivity contribution in [1.82, 2.24) is 4.90 Å². The van der Waals surface area contributed by atoms with Crippen LogP contribution in [0.15, 0.2) is 18.2 Å². The third-order valence-electron chi connectivity index (χ3n) is 7.60. The fraction of sp³-hybridized carbons (Fsp3) is 0.696. The molecule has 158 valence electrons. The zero-order valence-corrected chi connectivity index (χ0v) is 17.5. The molecule has 0 spiro atoms. The molecule has 0 aromatic heterocycles. The molecule has 1 aromatic rings. The minimum atomic E-state index is 0.333. The van der Waals surface area contributed by atoms with Crippen molar-refractivity contribution in [2.75, 3.05) is 52.6 Å². The smallest absolute Gasteiger partial charge is 0.277 e. The van der Waals surface area contributed by atoms with Gasteiger partial charge in [0.1, 0.15) is 32.7 Å². The molecule has 1 aliphatic carbocycles. The second kappa shape index (κ2) is 8.52. The summed E-state index contributed by atoms with van der Waals surface area (Å²) >= 11 is 0. The first kappa shape index (κ1) is 19.2.